The molecule has 1 heterocycles. The van der Waals surface area contributed by atoms with Gasteiger partial charge in [-0.2, -0.15) is 0 Å². The van der Waals surface area contributed by atoms with Crippen molar-refractivity contribution in [2.24, 2.45) is 5.73 Å². The van der Waals surface area contributed by atoms with Gasteiger partial charge in [-0.1, -0.05) is 12.1 Å². The summed E-state index contributed by atoms with van der Waals surface area (Å²) in [4.78, 5) is 0. The molecule has 0 aromatic heterocycles. The van der Waals surface area contributed by atoms with Gasteiger partial charge < -0.3 is 24.7 Å². The first-order chi connectivity index (χ1) is 10.3. The molecule has 1 aliphatic rings. The van der Waals surface area contributed by atoms with E-state index in [0.29, 0.717) is 25.5 Å². The SMILES string of the molecule is NCc1ccc(OCCOc2ccc3c(c2)OCO3)cc1. The van der Waals surface area contributed by atoms with Crippen molar-refractivity contribution in [1.29, 1.82) is 0 Å². The van der Waals surface area contributed by atoms with Gasteiger partial charge in [0.25, 0.3) is 0 Å². The average molecular weight is 287 g/mol. The van der Waals surface area contributed by atoms with Gasteiger partial charge >= 0.3 is 0 Å². The van der Waals surface area contributed by atoms with E-state index >= 15 is 0 Å². The van der Waals surface area contributed by atoms with Crippen LogP contribution < -0.4 is 24.7 Å². The van der Waals surface area contributed by atoms with Gasteiger partial charge in [0.05, 0.1) is 0 Å². The van der Waals surface area contributed by atoms with E-state index in [9.17, 15) is 0 Å². The predicted molar refractivity (Wildman–Crippen MR) is 77.9 cm³/mol. The minimum Gasteiger partial charge on any atom is -0.490 e. The zero-order valence-electron chi connectivity index (χ0n) is 11.6. The lowest BCUT2D eigenvalue weighted by molar-refractivity contribution is 0.173. The van der Waals surface area contributed by atoms with Crippen LogP contribution in [0.2, 0.25) is 0 Å². The number of ether oxygens (including phenoxy) is 4. The smallest absolute Gasteiger partial charge is 0.231 e. The highest BCUT2D eigenvalue weighted by molar-refractivity contribution is 5.46. The Labute approximate surface area is 123 Å². The first-order valence-corrected chi connectivity index (χ1v) is 6.79. The Morgan fingerprint density at radius 3 is 2.29 bits per heavy atom. The van der Waals surface area contributed by atoms with E-state index in [1.807, 2.05) is 42.5 Å². The molecule has 5 nitrogen and oxygen atoms in total. The van der Waals surface area contributed by atoms with Crippen LogP contribution in [-0.4, -0.2) is 20.0 Å². The lowest BCUT2D eigenvalue weighted by Gasteiger charge is -2.09. The van der Waals surface area contributed by atoms with Crippen molar-refractivity contribution in [3.8, 4) is 23.0 Å². The molecule has 1 aliphatic heterocycles. The topological polar surface area (TPSA) is 62.9 Å². The van der Waals surface area contributed by atoms with Crippen molar-refractivity contribution in [2.75, 3.05) is 20.0 Å². The summed E-state index contributed by atoms with van der Waals surface area (Å²) in [6, 6.07) is 13.2. The number of fused-ring (bicyclic) bond motifs is 1. The lowest BCUT2D eigenvalue weighted by atomic mass is 10.2. The Hall–Kier alpha value is -2.40. The molecular weight excluding hydrogens is 270 g/mol. The number of nitrogens with two attached hydrogens (primary N) is 1. The molecule has 0 amide bonds. The highest BCUT2D eigenvalue weighted by atomic mass is 16.7. The second-order valence-corrected chi connectivity index (χ2v) is 4.56. The summed E-state index contributed by atoms with van der Waals surface area (Å²) in [5.41, 5.74) is 6.63. The molecular formula is C16H17NO4. The summed E-state index contributed by atoms with van der Waals surface area (Å²) in [5.74, 6) is 3.01. The van der Waals surface area contributed by atoms with Crippen molar-refractivity contribution < 1.29 is 18.9 Å². The van der Waals surface area contributed by atoms with Gasteiger partial charge in [-0.15, -0.1) is 0 Å². The maximum Gasteiger partial charge on any atom is 0.231 e. The van der Waals surface area contributed by atoms with E-state index in [1.54, 1.807) is 0 Å². The summed E-state index contributed by atoms with van der Waals surface area (Å²) >= 11 is 0. The molecule has 2 aromatic rings. The summed E-state index contributed by atoms with van der Waals surface area (Å²) < 4.78 is 21.8. The average Bonchev–Trinajstić information content (AvgIpc) is 3.00. The number of benzene rings is 2. The molecule has 2 N–H and O–H groups in total. The molecule has 0 saturated heterocycles. The molecule has 110 valence electrons. The molecule has 0 bridgehead atoms. The summed E-state index contributed by atoms with van der Waals surface area (Å²) in [6.45, 7) is 1.73. The minimum absolute atomic E-state index is 0.265. The van der Waals surface area contributed by atoms with Crippen molar-refractivity contribution in [3.63, 3.8) is 0 Å². The fraction of sp³-hybridized carbons (Fsp3) is 0.250. The van der Waals surface area contributed by atoms with Gasteiger partial charge in [0.2, 0.25) is 6.79 Å². The van der Waals surface area contributed by atoms with Crippen LogP contribution in [-0.2, 0) is 6.54 Å². The Morgan fingerprint density at radius 1 is 0.857 bits per heavy atom. The van der Waals surface area contributed by atoms with E-state index in [4.69, 9.17) is 24.7 Å². The molecule has 0 radical (unpaired) electrons. The Bertz CT molecular complexity index is 598. The molecule has 2 aromatic carbocycles. The zero-order valence-corrected chi connectivity index (χ0v) is 11.6. The normalized spacial score (nSPS) is 12.2. The van der Waals surface area contributed by atoms with Crippen molar-refractivity contribution >= 4 is 0 Å². The monoisotopic (exact) mass is 287 g/mol. The van der Waals surface area contributed by atoms with Gasteiger partial charge in [0.1, 0.15) is 24.7 Å². The Balaban J connectivity index is 1.45. The maximum atomic E-state index is 5.62. The lowest BCUT2D eigenvalue weighted by Crippen LogP contribution is -2.09. The van der Waals surface area contributed by atoms with Crippen LogP contribution in [0.3, 0.4) is 0 Å². The molecule has 3 rings (SSSR count). The zero-order chi connectivity index (χ0) is 14.5. The molecule has 21 heavy (non-hydrogen) atoms. The van der Waals surface area contributed by atoms with Crippen LogP contribution in [0.4, 0.5) is 0 Å². The standard InChI is InChI=1S/C16H17NO4/c17-10-12-1-3-13(4-2-12)18-7-8-19-14-5-6-15-16(9-14)21-11-20-15/h1-6,9H,7-8,10-11,17H2. The van der Waals surface area contributed by atoms with Crippen LogP contribution in [0.1, 0.15) is 5.56 Å². The van der Waals surface area contributed by atoms with Gasteiger partial charge in [-0.3, -0.25) is 0 Å². The molecule has 0 unspecified atom stereocenters. The maximum absolute atomic E-state index is 5.62. The fourth-order valence-corrected chi connectivity index (χ4v) is 2.01. The third kappa shape index (κ3) is 3.38. The van der Waals surface area contributed by atoms with E-state index in [1.165, 1.54) is 0 Å². The predicted octanol–water partition coefficient (Wildman–Crippen LogP) is 2.33. The summed E-state index contributed by atoms with van der Waals surface area (Å²) in [6.07, 6.45) is 0. The number of rotatable bonds is 6. The van der Waals surface area contributed by atoms with E-state index in [2.05, 4.69) is 0 Å². The second kappa shape index (κ2) is 6.37. The molecule has 0 saturated carbocycles. The van der Waals surface area contributed by atoms with Crippen molar-refractivity contribution in [2.45, 2.75) is 6.54 Å². The largest absolute Gasteiger partial charge is 0.490 e. The fourth-order valence-electron chi connectivity index (χ4n) is 2.01. The molecule has 0 atom stereocenters. The van der Waals surface area contributed by atoms with E-state index in [0.717, 1.165) is 22.8 Å². The van der Waals surface area contributed by atoms with Crippen LogP contribution in [0.25, 0.3) is 0 Å². The van der Waals surface area contributed by atoms with Crippen LogP contribution >= 0.6 is 0 Å². The van der Waals surface area contributed by atoms with Gasteiger partial charge in [-0.05, 0) is 29.8 Å². The van der Waals surface area contributed by atoms with Gasteiger partial charge in [0, 0.05) is 12.6 Å². The minimum atomic E-state index is 0.265. The third-order valence-electron chi connectivity index (χ3n) is 3.12. The first kappa shape index (κ1) is 13.6. The molecule has 5 heteroatoms. The number of hydrogen-bond acceptors (Lipinski definition) is 5. The highest BCUT2D eigenvalue weighted by Crippen LogP contribution is 2.34. The van der Waals surface area contributed by atoms with Crippen molar-refractivity contribution in [1.82, 2.24) is 0 Å². The van der Waals surface area contributed by atoms with Gasteiger partial charge in [0.15, 0.2) is 11.5 Å². The second-order valence-electron chi connectivity index (χ2n) is 4.56. The Kier molecular flexibility index (Phi) is 4.12. The highest BCUT2D eigenvalue weighted by Gasteiger charge is 2.13. The van der Waals surface area contributed by atoms with Crippen LogP contribution in [0, 0.1) is 0 Å². The first-order valence-electron chi connectivity index (χ1n) is 6.79. The molecule has 0 aliphatic carbocycles. The third-order valence-corrected chi connectivity index (χ3v) is 3.12. The van der Waals surface area contributed by atoms with E-state index in [-0.39, 0.29) is 6.79 Å². The summed E-state index contributed by atoms with van der Waals surface area (Å²) in [5, 5.41) is 0. The molecule has 0 fully saturated rings. The molecule has 0 spiro atoms. The van der Waals surface area contributed by atoms with Crippen LogP contribution in [0.15, 0.2) is 42.5 Å². The van der Waals surface area contributed by atoms with Gasteiger partial charge in [-0.25, -0.2) is 0 Å². The number of hydrogen-bond donors (Lipinski definition) is 1. The van der Waals surface area contributed by atoms with Crippen molar-refractivity contribution in [3.05, 3.63) is 48.0 Å². The van der Waals surface area contributed by atoms with Crippen LogP contribution in [0.5, 0.6) is 23.0 Å². The quantitative estimate of drug-likeness (QED) is 0.826. The summed E-state index contributed by atoms with van der Waals surface area (Å²) in [7, 11) is 0. The van der Waals surface area contributed by atoms with E-state index < -0.39 is 0 Å². The Morgan fingerprint density at radius 2 is 1.52 bits per heavy atom.